The van der Waals surface area contributed by atoms with E-state index in [-0.39, 0.29) is 0 Å². The number of hydrogen-bond donors (Lipinski definition) is 1. The average molecular weight is 217 g/mol. The molecule has 0 aromatic heterocycles. The second-order valence-electron chi connectivity index (χ2n) is 4.34. The summed E-state index contributed by atoms with van der Waals surface area (Å²) >= 11 is 5.55. The third-order valence-corrected chi connectivity index (χ3v) is 2.82. The van der Waals surface area contributed by atoms with Crippen molar-refractivity contribution in [2.24, 2.45) is 5.92 Å². The molecule has 1 rings (SSSR count). The van der Waals surface area contributed by atoms with Crippen LogP contribution in [-0.2, 0) is 0 Å². The molecular formula is C11H21ClN2. The molecule has 0 aromatic carbocycles. The van der Waals surface area contributed by atoms with Gasteiger partial charge >= 0.3 is 0 Å². The molecule has 1 saturated heterocycles. The molecule has 2 nitrogen and oxygen atoms in total. The van der Waals surface area contributed by atoms with Gasteiger partial charge in [-0.3, -0.25) is 4.90 Å². The lowest BCUT2D eigenvalue weighted by atomic mass is 10.0. The molecule has 82 valence electrons. The molecule has 1 atom stereocenters. The van der Waals surface area contributed by atoms with Gasteiger partial charge < -0.3 is 5.32 Å². The van der Waals surface area contributed by atoms with Gasteiger partial charge in [-0.25, -0.2) is 0 Å². The Morgan fingerprint density at radius 3 is 3.00 bits per heavy atom. The van der Waals surface area contributed by atoms with Gasteiger partial charge in [0.15, 0.2) is 0 Å². The molecule has 1 N–H and O–H groups in total. The van der Waals surface area contributed by atoms with Crippen LogP contribution in [0, 0.1) is 5.92 Å². The molecular weight excluding hydrogens is 196 g/mol. The van der Waals surface area contributed by atoms with Crippen LogP contribution in [0.15, 0.2) is 11.6 Å². The Morgan fingerprint density at radius 1 is 1.57 bits per heavy atom. The Bertz CT molecular complexity index is 180. The largest absolute Gasteiger partial charge is 0.314 e. The highest BCUT2D eigenvalue weighted by atomic mass is 35.5. The molecule has 0 aromatic rings. The lowest BCUT2D eigenvalue weighted by molar-refractivity contribution is 0.157. The van der Waals surface area contributed by atoms with E-state index >= 15 is 0 Å². The van der Waals surface area contributed by atoms with Gasteiger partial charge in [-0.05, 0) is 12.3 Å². The van der Waals surface area contributed by atoms with Crippen LogP contribution in [0.3, 0.4) is 0 Å². The first-order valence-electron chi connectivity index (χ1n) is 5.44. The molecule has 1 aliphatic rings. The second kappa shape index (κ2) is 6.44. The first-order chi connectivity index (χ1) is 6.74. The smallest absolute Gasteiger partial charge is 0.0226 e. The van der Waals surface area contributed by atoms with Crippen LogP contribution in [0.25, 0.3) is 0 Å². The molecule has 1 heterocycles. The Labute approximate surface area is 92.3 Å². The first kappa shape index (κ1) is 12.0. The van der Waals surface area contributed by atoms with Gasteiger partial charge in [0.1, 0.15) is 0 Å². The standard InChI is InChI=1S/C11H21ClN2/c1-10(2)8-11-9-13-5-7-14(11)6-3-4-12/h3-4,10-11,13H,5-9H2,1-2H3/b4-3+. The summed E-state index contributed by atoms with van der Waals surface area (Å²) < 4.78 is 0. The van der Waals surface area contributed by atoms with Crippen LogP contribution in [0.4, 0.5) is 0 Å². The molecule has 0 saturated carbocycles. The third-order valence-electron chi connectivity index (χ3n) is 2.64. The van der Waals surface area contributed by atoms with Crippen LogP contribution >= 0.6 is 11.6 Å². The highest BCUT2D eigenvalue weighted by Crippen LogP contribution is 2.13. The van der Waals surface area contributed by atoms with Crippen molar-refractivity contribution in [3.05, 3.63) is 11.6 Å². The van der Waals surface area contributed by atoms with Gasteiger partial charge in [0.25, 0.3) is 0 Å². The van der Waals surface area contributed by atoms with Gasteiger partial charge in [0.05, 0.1) is 0 Å². The summed E-state index contributed by atoms with van der Waals surface area (Å²) in [5, 5.41) is 3.45. The summed E-state index contributed by atoms with van der Waals surface area (Å²) in [6.45, 7) is 8.91. The van der Waals surface area contributed by atoms with Crippen LogP contribution in [0.1, 0.15) is 20.3 Å². The quantitative estimate of drug-likeness (QED) is 0.774. The topological polar surface area (TPSA) is 15.3 Å². The minimum absolute atomic E-state index is 0.677. The monoisotopic (exact) mass is 216 g/mol. The van der Waals surface area contributed by atoms with Crippen molar-refractivity contribution in [3.63, 3.8) is 0 Å². The lowest BCUT2D eigenvalue weighted by Gasteiger charge is -2.36. The number of piperazine rings is 1. The second-order valence-corrected chi connectivity index (χ2v) is 4.60. The minimum atomic E-state index is 0.677. The predicted octanol–water partition coefficient (Wildman–Crippen LogP) is 2.06. The lowest BCUT2D eigenvalue weighted by Crippen LogP contribution is -2.51. The summed E-state index contributed by atoms with van der Waals surface area (Å²) in [5.41, 5.74) is 1.62. The van der Waals surface area contributed by atoms with Crippen LogP contribution in [0.2, 0.25) is 0 Å². The molecule has 0 aliphatic carbocycles. The summed E-state index contributed by atoms with van der Waals surface area (Å²) in [5.74, 6) is 0.766. The first-order valence-corrected chi connectivity index (χ1v) is 5.87. The fourth-order valence-corrected chi connectivity index (χ4v) is 2.07. The van der Waals surface area contributed by atoms with E-state index in [1.165, 1.54) is 6.42 Å². The number of nitrogens with one attached hydrogen (secondary N) is 1. The van der Waals surface area contributed by atoms with Crippen LogP contribution in [0.5, 0.6) is 0 Å². The Kier molecular flexibility index (Phi) is 5.53. The van der Waals surface area contributed by atoms with Crippen molar-refractivity contribution >= 4 is 11.6 Å². The van der Waals surface area contributed by atoms with Gasteiger partial charge in [0, 0.05) is 37.8 Å². The van der Waals surface area contributed by atoms with Crippen molar-refractivity contribution in [1.29, 1.82) is 0 Å². The maximum Gasteiger partial charge on any atom is 0.0226 e. The highest BCUT2D eigenvalue weighted by Gasteiger charge is 2.21. The summed E-state index contributed by atoms with van der Waals surface area (Å²) in [4.78, 5) is 2.51. The molecule has 0 bridgehead atoms. The number of halogens is 1. The Balaban J connectivity index is 2.41. The van der Waals surface area contributed by atoms with Crippen molar-refractivity contribution in [3.8, 4) is 0 Å². The van der Waals surface area contributed by atoms with E-state index in [1.54, 1.807) is 5.54 Å². The predicted molar refractivity (Wildman–Crippen MR) is 62.7 cm³/mol. The highest BCUT2D eigenvalue weighted by molar-refractivity contribution is 6.25. The van der Waals surface area contributed by atoms with Crippen LogP contribution < -0.4 is 5.32 Å². The minimum Gasteiger partial charge on any atom is -0.314 e. The average Bonchev–Trinajstić information content (AvgIpc) is 2.16. The molecule has 0 amide bonds. The number of nitrogens with zero attached hydrogens (tertiary/aromatic N) is 1. The van der Waals surface area contributed by atoms with E-state index in [0.717, 1.165) is 32.1 Å². The molecule has 1 fully saturated rings. The third kappa shape index (κ3) is 3.99. The van der Waals surface area contributed by atoms with Crippen LogP contribution in [-0.4, -0.2) is 37.1 Å². The fourth-order valence-electron chi connectivity index (χ4n) is 2.00. The maximum absolute atomic E-state index is 5.55. The molecule has 0 spiro atoms. The van der Waals surface area contributed by atoms with E-state index in [9.17, 15) is 0 Å². The maximum atomic E-state index is 5.55. The van der Waals surface area contributed by atoms with Gasteiger partial charge in [0.2, 0.25) is 0 Å². The van der Waals surface area contributed by atoms with Gasteiger partial charge in [-0.1, -0.05) is 31.5 Å². The van der Waals surface area contributed by atoms with E-state index in [2.05, 4.69) is 24.1 Å². The van der Waals surface area contributed by atoms with E-state index in [1.807, 2.05) is 6.08 Å². The summed E-state index contributed by atoms with van der Waals surface area (Å²) in [7, 11) is 0. The molecule has 3 heteroatoms. The zero-order valence-corrected chi connectivity index (χ0v) is 9.93. The van der Waals surface area contributed by atoms with Crippen molar-refractivity contribution in [2.75, 3.05) is 26.2 Å². The van der Waals surface area contributed by atoms with E-state index < -0.39 is 0 Å². The molecule has 1 unspecified atom stereocenters. The van der Waals surface area contributed by atoms with Crippen molar-refractivity contribution < 1.29 is 0 Å². The molecule has 0 radical (unpaired) electrons. The number of rotatable bonds is 4. The summed E-state index contributed by atoms with van der Waals surface area (Å²) in [6.07, 6.45) is 3.29. The Hall–Kier alpha value is -0.0500. The van der Waals surface area contributed by atoms with Crippen molar-refractivity contribution in [1.82, 2.24) is 10.2 Å². The zero-order chi connectivity index (χ0) is 10.4. The SMILES string of the molecule is CC(C)CC1CNCCN1C/C=C/Cl. The van der Waals surface area contributed by atoms with Gasteiger partial charge in [-0.2, -0.15) is 0 Å². The van der Waals surface area contributed by atoms with E-state index in [4.69, 9.17) is 11.6 Å². The molecule has 1 aliphatic heterocycles. The summed E-state index contributed by atoms with van der Waals surface area (Å²) in [6, 6.07) is 0.677. The van der Waals surface area contributed by atoms with Crippen molar-refractivity contribution in [2.45, 2.75) is 26.3 Å². The normalized spacial score (nSPS) is 25.0. The number of hydrogen-bond acceptors (Lipinski definition) is 2. The van der Waals surface area contributed by atoms with Gasteiger partial charge in [-0.15, -0.1) is 0 Å². The zero-order valence-electron chi connectivity index (χ0n) is 9.17. The molecule has 14 heavy (non-hydrogen) atoms. The van der Waals surface area contributed by atoms with E-state index in [0.29, 0.717) is 6.04 Å². The Morgan fingerprint density at radius 2 is 2.36 bits per heavy atom. The fraction of sp³-hybridized carbons (Fsp3) is 0.818.